The average Bonchev–Trinajstić information content (AvgIpc) is 2.53. The van der Waals surface area contributed by atoms with Crippen molar-refractivity contribution in [1.29, 1.82) is 0 Å². The second-order valence-corrected chi connectivity index (χ2v) is 5.07. The fourth-order valence-corrected chi connectivity index (χ4v) is 2.61. The van der Waals surface area contributed by atoms with E-state index in [1.165, 1.54) is 0 Å². The van der Waals surface area contributed by atoms with E-state index in [0.717, 1.165) is 28.4 Å². The number of rotatable bonds is 4. The smallest absolute Gasteiger partial charge is 0.120 e. The highest BCUT2D eigenvalue weighted by Gasteiger charge is 2.14. The van der Waals surface area contributed by atoms with E-state index in [1.54, 1.807) is 12.3 Å². The first-order valence-corrected chi connectivity index (χ1v) is 7.16. The molecule has 0 radical (unpaired) electrons. The maximum atomic E-state index is 10.1. The zero-order valence-electron chi connectivity index (χ0n) is 12.0. The predicted molar refractivity (Wildman–Crippen MR) is 86.5 cm³/mol. The molecule has 0 saturated heterocycles. The third-order valence-corrected chi connectivity index (χ3v) is 3.73. The van der Waals surface area contributed by atoms with Gasteiger partial charge in [-0.1, -0.05) is 37.3 Å². The minimum Gasteiger partial charge on any atom is -0.508 e. The second kappa shape index (κ2) is 5.83. The van der Waals surface area contributed by atoms with Crippen LogP contribution in [0.5, 0.6) is 5.75 Å². The Hall–Kier alpha value is -2.55. The number of phenolic OH excluding ortho intramolecular Hbond substituents is 1. The largest absolute Gasteiger partial charge is 0.508 e. The van der Waals surface area contributed by atoms with Crippen molar-refractivity contribution < 1.29 is 5.11 Å². The molecule has 1 unspecified atom stereocenters. The van der Waals surface area contributed by atoms with Crippen molar-refractivity contribution in [3.8, 4) is 5.75 Å². The highest BCUT2D eigenvalue weighted by atomic mass is 16.3. The first-order valence-electron chi connectivity index (χ1n) is 7.16. The molecule has 0 saturated carbocycles. The van der Waals surface area contributed by atoms with Gasteiger partial charge in [0.1, 0.15) is 5.75 Å². The molecule has 1 aromatic heterocycles. The van der Waals surface area contributed by atoms with Crippen LogP contribution in [0.1, 0.15) is 24.9 Å². The van der Waals surface area contributed by atoms with Crippen LogP contribution in [0.25, 0.3) is 10.8 Å². The van der Waals surface area contributed by atoms with E-state index < -0.39 is 0 Å². The van der Waals surface area contributed by atoms with Crippen molar-refractivity contribution in [1.82, 2.24) is 4.98 Å². The molecule has 1 atom stereocenters. The number of hydrogen-bond acceptors (Lipinski definition) is 3. The molecule has 0 aliphatic heterocycles. The number of aromatic hydroxyl groups is 1. The van der Waals surface area contributed by atoms with Crippen LogP contribution < -0.4 is 5.32 Å². The van der Waals surface area contributed by atoms with E-state index in [4.69, 9.17) is 0 Å². The maximum Gasteiger partial charge on any atom is 0.120 e. The molecule has 1 heterocycles. The molecule has 0 aliphatic rings. The monoisotopic (exact) mass is 278 g/mol. The van der Waals surface area contributed by atoms with E-state index in [0.29, 0.717) is 5.75 Å². The van der Waals surface area contributed by atoms with Gasteiger partial charge in [-0.05, 0) is 30.0 Å². The third kappa shape index (κ3) is 2.68. The third-order valence-electron chi connectivity index (χ3n) is 3.73. The van der Waals surface area contributed by atoms with Crippen molar-refractivity contribution in [2.24, 2.45) is 0 Å². The number of nitrogens with zero attached hydrogens (tertiary/aromatic N) is 1. The zero-order valence-corrected chi connectivity index (χ0v) is 12.0. The summed E-state index contributed by atoms with van der Waals surface area (Å²) in [4.78, 5) is 4.21. The summed E-state index contributed by atoms with van der Waals surface area (Å²) >= 11 is 0. The lowest BCUT2D eigenvalue weighted by molar-refractivity contribution is 0.463. The van der Waals surface area contributed by atoms with E-state index in [9.17, 15) is 5.11 Å². The lowest BCUT2D eigenvalue weighted by atomic mass is 10.0. The lowest BCUT2D eigenvalue weighted by Crippen LogP contribution is -2.10. The van der Waals surface area contributed by atoms with Crippen molar-refractivity contribution in [3.05, 3.63) is 66.5 Å². The fraction of sp³-hybridized carbons (Fsp3) is 0.167. The zero-order chi connectivity index (χ0) is 14.7. The topological polar surface area (TPSA) is 45.2 Å². The summed E-state index contributed by atoms with van der Waals surface area (Å²) in [6.07, 6.45) is 4.55. The molecule has 2 N–H and O–H groups in total. The number of pyridine rings is 1. The summed E-state index contributed by atoms with van der Waals surface area (Å²) in [7, 11) is 0. The molecular weight excluding hydrogens is 260 g/mol. The van der Waals surface area contributed by atoms with Crippen LogP contribution in [0.3, 0.4) is 0 Å². The number of anilines is 1. The van der Waals surface area contributed by atoms with E-state index in [-0.39, 0.29) is 6.04 Å². The molecule has 0 aliphatic carbocycles. The molecule has 2 aromatic carbocycles. The molecule has 106 valence electrons. The van der Waals surface area contributed by atoms with E-state index >= 15 is 0 Å². The summed E-state index contributed by atoms with van der Waals surface area (Å²) < 4.78 is 0. The van der Waals surface area contributed by atoms with Crippen LogP contribution in [0.15, 0.2) is 60.9 Å². The summed E-state index contributed by atoms with van der Waals surface area (Å²) in [6.45, 7) is 2.10. The van der Waals surface area contributed by atoms with Gasteiger partial charge < -0.3 is 10.4 Å². The van der Waals surface area contributed by atoms with Gasteiger partial charge in [0.15, 0.2) is 0 Å². The molecule has 0 amide bonds. The van der Waals surface area contributed by atoms with Gasteiger partial charge in [-0.3, -0.25) is 4.98 Å². The Bertz CT molecular complexity index is 750. The van der Waals surface area contributed by atoms with Gasteiger partial charge in [-0.25, -0.2) is 0 Å². The Morgan fingerprint density at radius 1 is 1.10 bits per heavy atom. The van der Waals surface area contributed by atoms with Gasteiger partial charge in [-0.15, -0.1) is 0 Å². The van der Waals surface area contributed by atoms with Crippen LogP contribution in [-0.2, 0) is 0 Å². The highest BCUT2D eigenvalue weighted by Crippen LogP contribution is 2.31. The summed E-state index contributed by atoms with van der Waals surface area (Å²) in [5.41, 5.74) is 1.96. The van der Waals surface area contributed by atoms with Crippen LogP contribution >= 0.6 is 0 Å². The van der Waals surface area contributed by atoms with E-state index in [2.05, 4.69) is 23.3 Å². The quantitative estimate of drug-likeness (QED) is 0.738. The Morgan fingerprint density at radius 3 is 2.76 bits per heavy atom. The second-order valence-electron chi connectivity index (χ2n) is 5.07. The molecule has 21 heavy (non-hydrogen) atoms. The molecule has 0 spiro atoms. The van der Waals surface area contributed by atoms with Gasteiger partial charge >= 0.3 is 0 Å². The predicted octanol–water partition coefficient (Wildman–Crippen LogP) is 4.50. The molecule has 0 bridgehead atoms. The van der Waals surface area contributed by atoms with Gasteiger partial charge in [0.25, 0.3) is 0 Å². The van der Waals surface area contributed by atoms with Crippen molar-refractivity contribution >= 4 is 16.5 Å². The fourth-order valence-electron chi connectivity index (χ4n) is 2.61. The van der Waals surface area contributed by atoms with Crippen LogP contribution in [0.2, 0.25) is 0 Å². The molecular formula is C18H18N2O. The van der Waals surface area contributed by atoms with Crippen LogP contribution in [0, 0.1) is 0 Å². The Morgan fingerprint density at radius 2 is 1.95 bits per heavy atom. The van der Waals surface area contributed by atoms with Gasteiger partial charge in [0.05, 0.1) is 6.04 Å². The molecule has 3 rings (SSSR count). The van der Waals surface area contributed by atoms with Crippen molar-refractivity contribution in [3.63, 3.8) is 0 Å². The summed E-state index contributed by atoms with van der Waals surface area (Å²) in [5.74, 6) is 0.329. The first kappa shape index (κ1) is 13.4. The number of benzene rings is 2. The number of aromatic nitrogens is 1. The van der Waals surface area contributed by atoms with Crippen LogP contribution in [0.4, 0.5) is 5.69 Å². The Balaban J connectivity index is 1.98. The minimum absolute atomic E-state index is 0.0667. The number of hydrogen-bond donors (Lipinski definition) is 2. The van der Waals surface area contributed by atoms with Gasteiger partial charge in [-0.2, -0.15) is 0 Å². The minimum atomic E-state index is 0.0667. The number of nitrogens with one attached hydrogen (secondary N) is 1. The molecule has 3 heteroatoms. The Labute approximate surface area is 124 Å². The first-order chi connectivity index (χ1) is 10.3. The molecule has 3 nitrogen and oxygen atoms in total. The number of phenols is 1. The average molecular weight is 278 g/mol. The van der Waals surface area contributed by atoms with Gasteiger partial charge in [0.2, 0.25) is 0 Å². The number of fused-ring (bicyclic) bond motifs is 1. The van der Waals surface area contributed by atoms with E-state index in [1.807, 2.05) is 42.6 Å². The summed E-state index contributed by atoms with van der Waals surface area (Å²) in [5, 5.41) is 15.8. The Kier molecular flexibility index (Phi) is 3.73. The molecule has 0 fully saturated rings. The normalized spacial score (nSPS) is 12.2. The summed E-state index contributed by atoms with van der Waals surface area (Å²) in [6, 6.07) is 15.7. The number of para-hydroxylation sites is 1. The maximum absolute atomic E-state index is 10.1. The SMILES string of the molecule is CCC(Nc1cccc2ccncc12)c1ccccc1O. The standard InChI is InChI=1S/C18H18N2O/c1-2-16(14-7-3-4-9-18(14)21)20-17-8-5-6-13-10-11-19-12-15(13)17/h3-12,16,20-21H,2H2,1H3. The van der Waals surface area contributed by atoms with Crippen LogP contribution in [-0.4, -0.2) is 10.1 Å². The van der Waals surface area contributed by atoms with Gasteiger partial charge in [0, 0.05) is 29.0 Å². The van der Waals surface area contributed by atoms with Crippen molar-refractivity contribution in [2.75, 3.05) is 5.32 Å². The highest BCUT2D eigenvalue weighted by molar-refractivity contribution is 5.93. The molecule has 3 aromatic rings. The lowest BCUT2D eigenvalue weighted by Gasteiger charge is -2.20. The van der Waals surface area contributed by atoms with Crippen molar-refractivity contribution in [2.45, 2.75) is 19.4 Å².